The summed E-state index contributed by atoms with van der Waals surface area (Å²) in [5, 5.41) is 8.72. The van der Waals surface area contributed by atoms with Gasteiger partial charge in [0, 0.05) is 6.54 Å². The molecule has 8 heteroatoms. The molecule has 0 atom stereocenters. The van der Waals surface area contributed by atoms with Gasteiger partial charge in [-0.1, -0.05) is 6.92 Å². The Morgan fingerprint density at radius 3 is 2.68 bits per heavy atom. The van der Waals surface area contributed by atoms with Crippen LogP contribution in [0.1, 0.15) is 18.2 Å². The van der Waals surface area contributed by atoms with Crippen LogP contribution in [0.25, 0.3) is 0 Å². The van der Waals surface area contributed by atoms with Gasteiger partial charge in [-0.3, -0.25) is 4.79 Å². The van der Waals surface area contributed by atoms with E-state index in [1.54, 1.807) is 0 Å². The molecule has 0 unspecified atom stereocenters. The van der Waals surface area contributed by atoms with Gasteiger partial charge in [-0.15, -0.1) is 11.3 Å². The lowest BCUT2D eigenvalue weighted by Gasteiger charge is -2.19. The maximum Gasteiger partial charge on any atom is 0.321 e. The molecule has 0 aliphatic rings. The fraction of sp³-hybridized carbons (Fsp3) is 0.455. The SMILES string of the molecule is CCCN(CC(=O)OC)S(=O)(=O)c1ccc(C#N)s1. The zero-order valence-corrected chi connectivity index (χ0v) is 12.3. The third-order valence-electron chi connectivity index (χ3n) is 2.29. The number of nitriles is 1. The molecule has 0 radical (unpaired) electrons. The van der Waals surface area contributed by atoms with Crippen molar-refractivity contribution in [1.82, 2.24) is 4.31 Å². The number of hydrogen-bond donors (Lipinski definition) is 0. The molecule has 0 N–H and O–H groups in total. The Kier molecular flexibility index (Phi) is 5.47. The topological polar surface area (TPSA) is 87.5 Å². The number of rotatable bonds is 6. The highest BCUT2D eigenvalue weighted by Gasteiger charge is 2.27. The number of hydrogen-bond acceptors (Lipinski definition) is 6. The molecule has 19 heavy (non-hydrogen) atoms. The summed E-state index contributed by atoms with van der Waals surface area (Å²) in [6.45, 7) is 1.71. The first-order chi connectivity index (χ1) is 8.95. The smallest absolute Gasteiger partial charge is 0.321 e. The van der Waals surface area contributed by atoms with Crippen LogP contribution in [0.15, 0.2) is 16.3 Å². The van der Waals surface area contributed by atoms with Gasteiger partial charge in [-0.2, -0.15) is 9.57 Å². The number of thiophene rings is 1. The van der Waals surface area contributed by atoms with Crippen LogP contribution in [-0.2, 0) is 19.6 Å². The summed E-state index contributed by atoms with van der Waals surface area (Å²) in [4.78, 5) is 11.6. The minimum absolute atomic E-state index is 0.0569. The fourth-order valence-electron chi connectivity index (χ4n) is 1.39. The van der Waals surface area contributed by atoms with Gasteiger partial charge >= 0.3 is 5.97 Å². The van der Waals surface area contributed by atoms with Crippen molar-refractivity contribution in [1.29, 1.82) is 5.26 Å². The van der Waals surface area contributed by atoms with Gasteiger partial charge in [0.05, 0.1) is 7.11 Å². The molecular weight excluding hydrogens is 288 g/mol. The molecule has 0 amide bonds. The molecule has 0 fully saturated rings. The highest BCUT2D eigenvalue weighted by Crippen LogP contribution is 2.24. The monoisotopic (exact) mass is 302 g/mol. The van der Waals surface area contributed by atoms with Crippen molar-refractivity contribution in [2.45, 2.75) is 17.6 Å². The number of sulfonamides is 1. The number of nitrogens with zero attached hydrogens (tertiary/aromatic N) is 2. The maximum atomic E-state index is 12.3. The van der Waals surface area contributed by atoms with E-state index < -0.39 is 16.0 Å². The Morgan fingerprint density at radius 1 is 1.53 bits per heavy atom. The predicted molar refractivity (Wildman–Crippen MR) is 70.1 cm³/mol. The first kappa shape index (κ1) is 15.6. The second-order valence-corrected chi connectivity index (χ2v) is 6.89. The van der Waals surface area contributed by atoms with Crippen molar-refractivity contribution >= 4 is 27.3 Å². The van der Waals surface area contributed by atoms with E-state index in [1.165, 1.54) is 19.2 Å². The van der Waals surface area contributed by atoms with Crippen molar-refractivity contribution < 1.29 is 17.9 Å². The Bertz CT molecular complexity index is 586. The van der Waals surface area contributed by atoms with Crippen LogP contribution in [0.5, 0.6) is 0 Å². The van der Waals surface area contributed by atoms with Crippen LogP contribution in [-0.4, -0.2) is 38.9 Å². The number of methoxy groups -OCH3 is 1. The summed E-state index contributed by atoms with van der Waals surface area (Å²) in [7, 11) is -2.55. The first-order valence-corrected chi connectivity index (χ1v) is 7.78. The summed E-state index contributed by atoms with van der Waals surface area (Å²) in [6.07, 6.45) is 0.576. The molecule has 0 aliphatic heterocycles. The van der Waals surface area contributed by atoms with E-state index in [-0.39, 0.29) is 17.3 Å². The van der Waals surface area contributed by atoms with Gasteiger partial charge in [0.25, 0.3) is 10.0 Å². The van der Waals surface area contributed by atoms with Gasteiger partial charge in [0.2, 0.25) is 0 Å². The average Bonchev–Trinajstić information content (AvgIpc) is 2.87. The van der Waals surface area contributed by atoms with Gasteiger partial charge < -0.3 is 4.74 Å². The van der Waals surface area contributed by atoms with Crippen LogP contribution in [0.4, 0.5) is 0 Å². The molecule has 0 aliphatic carbocycles. The first-order valence-electron chi connectivity index (χ1n) is 5.52. The van der Waals surface area contributed by atoms with E-state index in [0.29, 0.717) is 11.3 Å². The standard InChI is InChI=1S/C11H14N2O4S2/c1-3-6-13(8-10(14)17-2)19(15,16)11-5-4-9(7-12)18-11/h4-5H,3,6,8H2,1-2H3. The van der Waals surface area contributed by atoms with Crippen LogP contribution in [0.3, 0.4) is 0 Å². The Hall–Kier alpha value is -1.43. The Morgan fingerprint density at radius 2 is 2.21 bits per heavy atom. The fourth-order valence-corrected chi connectivity index (χ4v) is 4.12. The molecule has 1 heterocycles. The van der Waals surface area contributed by atoms with Crippen molar-refractivity contribution in [3.8, 4) is 6.07 Å². The third-order valence-corrected chi connectivity index (χ3v) is 5.59. The van der Waals surface area contributed by atoms with E-state index in [0.717, 1.165) is 15.6 Å². The van der Waals surface area contributed by atoms with E-state index in [2.05, 4.69) is 4.74 Å². The highest BCUT2D eigenvalue weighted by molar-refractivity contribution is 7.91. The lowest BCUT2D eigenvalue weighted by molar-refractivity contribution is -0.140. The highest BCUT2D eigenvalue weighted by atomic mass is 32.2. The summed E-state index contributed by atoms with van der Waals surface area (Å²) < 4.78 is 30.3. The van der Waals surface area contributed by atoms with Crippen molar-refractivity contribution in [3.05, 3.63) is 17.0 Å². The minimum atomic E-state index is -3.76. The number of ether oxygens (including phenoxy) is 1. The third kappa shape index (κ3) is 3.76. The summed E-state index contributed by atoms with van der Waals surface area (Å²) in [5.74, 6) is -0.617. The molecule has 6 nitrogen and oxygen atoms in total. The maximum absolute atomic E-state index is 12.3. The minimum Gasteiger partial charge on any atom is -0.468 e. The molecule has 1 aromatic heterocycles. The lowest BCUT2D eigenvalue weighted by Crippen LogP contribution is -2.36. The van der Waals surface area contributed by atoms with Crippen LogP contribution in [0, 0.1) is 11.3 Å². The molecule has 0 saturated heterocycles. The van der Waals surface area contributed by atoms with E-state index in [9.17, 15) is 13.2 Å². The number of carbonyl (C=O) groups excluding carboxylic acids is 1. The molecule has 0 spiro atoms. The lowest BCUT2D eigenvalue weighted by atomic mass is 10.5. The Balaban J connectivity index is 3.05. The molecule has 104 valence electrons. The average molecular weight is 302 g/mol. The van der Waals surface area contributed by atoms with Crippen LogP contribution < -0.4 is 0 Å². The normalized spacial score (nSPS) is 11.3. The molecule has 1 rings (SSSR count). The summed E-state index contributed by atoms with van der Waals surface area (Å²) in [5.41, 5.74) is 0. The second kappa shape index (κ2) is 6.65. The molecule has 0 saturated carbocycles. The van der Waals surface area contributed by atoms with Crippen LogP contribution in [0.2, 0.25) is 0 Å². The largest absolute Gasteiger partial charge is 0.468 e. The van der Waals surface area contributed by atoms with Gasteiger partial charge in [0.15, 0.2) is 0 Å². The van der Waals surface area contributed by atoms with Gasteiger partial charge in [-0.05, 0) is 18.6 Å². The zero-order valence-electron chi connectivity index (χ0n) is 10.6. The van der Waals surface area contributed by atoms with E-state index in [1.807, 2.05) is 13.0 Å². The van der Waals surface area contributed by atoms with Crippen LogP contribution >= 0.6 is 11.3 Å². The molecular formula is C11H14N2O4S2. The molecule has 1 aromatic rings. The number of carbonyl (C=O) groups is 1. The summed E-state index contributed by atoms with van der Waals surface area (Å²) >= 11 is 0.886. The second-order valence-electron chi connectivity index (χ2n) is 3.65. The van der Waals surface area contributed by atoms with Crippen molar-refractivity contribution in [3.63, 3.8) is 0 Å². The quantitative estimate of drug-likeness (QED) is 0.737. The van der Waals surface area contributed by atoms with Gasteiger partial charge in [-0.25, -0.2) is 8.42 Å². The molecule has 0 aromatic carbocycles. The van der Waals surface area contributed by atoms with Crippen molar-refractivity contribution in [2.24, 2.45) is 0 Å². The Labute approximate surface area is 116 Å². The predicted octanol–water partition coefficient (Wildman–Crippen LogP) is 1.19. The zero-order chi connectivity index (χ0) is 14.5. The molecule has 0 bridgehead atoms. The van der Waals surface area contributed by atoms with Crippen molar-refractivity contribution in [2.75, 3.05) is 20.2 Å². The van der Waals surface area contributed by atoms with E-state index >= 15 is 0 Å². The summed E-state index contributed by atoms with van der Waals surface area (Å²) in [6, 6.07) is 4.70. The van der Waals surface area contributed by atoms with Gasteiger partial charge in [0.1, 0.15) is 21.7 Å². The van der Waals surface area contributed by atoms with E-state index in [4.69, 9.17) is 5.26 Å². The number of esters is 1.